The van der Waals surface area contributed by atoms with Crippen LogP contribution in [0.1, 0.15) is 38.9 Å². The van der Waals surface area contributed by atoms with Crippen molar-refractivity contribution in [2.24, 2.45) is 0 Å². The van der Waals surface area contributed by atoms with Gasteiger partial charge in [-0.1, -0.05) is 0 Å². The first-order chi connectivity index (χ1) is 11.7. The van der Waals surface area contributed by atoms with Gasteiger partial charge < -0.3 is 9.84 Å². The third kappa shape index (κ3) is 2.81. The Hall–Kier alpha value is -1.23. The molecule has 2 aliphatic rings. The number of fused-ring (bicyclic) bond motifs is 4. The van der Waals surface area contributed by atoms with Gasteiger partial charge in [-0.15, -0.1) is 22.9 Å². The highest BCUT2D eigenvalue weighted by Crippen LogP contribution is 2.43. The molecule has 128 valence electrons. The maximum atomic E-state index is 10.2. The van der Waals surface area contributed by atoms with E-state index in [-0.39, 0.29) is 5.75 Å². The summed E-state index contributed by atoms with van der Waals surface area (Å²) in [5.41, 5.74) is 4.07. The normalized spacial score (nSPS) is 19.5. The quantitative estimate of drug-likeness (QED) is 0.822. The second kappa shape index (κ2) is 6.58. The second-order valence-electron chi connectivity index (χ2n) is 6.62. The van der Waals surface area contributed by atoms with E-state index >= 15 is 0 Å². The van der Waals surface area contributed by atoms with Crippen LogP contribution in [0.3, 0.4) is 0 Å². The molecule has 1 unspecified atom stereocenters. The minimum Gasteiger partial charge on any atom is -0.504 e. The zero-order chi connectivity index (χ0) is 16.7. The molecule has 0 aliphatic carbocycles. The number of aryl methyl sites for hydroxylation is 1. The number of alkyl halides is 1. The van der Waals surface area contributed by atoms with E-state index in [9.17, 15) is 5.11 Å². The highest BCUT2D eigenvalue weighted by atomic mass is 35.5. The minimum atomic E-state index is 0.248. The van der Waals surface area contributed by atoms with Crippen LogP contribution in [0, 0.1) is 0 Å². The van der Waals surface area contributed by atoms with Crippen LogP contribution in [0.5, 0.6) is 11.5 Å². The van der Waals surface area contributed by atoms with Crippen molar-refractivity contribution in [1.82, 2.24) is 4.90 Å². The number of phenols is 1. The SMILES string of the molecule is COc1cc2c(cc1O)C1Cc3sc(CCCCl)cc3CN1CC2. The van der Waals surface area contributed by atoms with Crippen LogP contribution in [0.25, 0.3) is 0 Å². The van der Waals surface area contributed by atoms with E-state index in [2.05, 4.69) is 11.0 Å². The summed E-state index contributed by atoms with van der Waals surface area (Å²) in [6.45, 7) is 2.08. The Balaban J connectivity index is 1.64. The Kier molecular flexibility index (Phi) is 4.46. The maximum absolute atomic E-state index is 10.2. The summed E-state index contributed by atoms with van der Waals surface area (Å²) >= 11 is 7.78. The first-order valence-corrected chi connectivity index (χ1v) is 9.85. The Morgan fingerprint density at radius 1 is 1.33 bits per heavy atom. The van der Waals surface area contributed by atoms with E-state index < -0.39 is 0 Å². The molecule has 0 saturated heterocycles. The van der Waals surface area contributed by atoms with E-state index in [1.165, 1.54) is 26.4 Å². The molecule has 3 nitrogen and oxygen atoms in total. The zero-order valence-corrected chi connectivity index (χ0v) is 15.4. The highest BCUT2D eigenvalue weighted by Gasteiger charge is 2.33. The fourth-order valence-electron chi connectivity index (χ4n) is 3.96. The third-order valence-corrected chi connectivity index (χ3v) is 6.69. The van der Waals surface area contributed by atoms with Crippen LogP contribution in [-0.2, 0) is 25.8 Å². The third-order valence-electron chi connectivity index (χ3n) is 5.17. The topological polar surface area (TPSA) is 32.7 Å². The average Bonchev–Trinajstić information content (AvgIpc) is 2.99. The molecule has 4 rings (SSSR count). The lowest BCUT2D eigenvalue weighted by molar-refractivity contribution is 0.162. The van der Waals surface area contributed by atoms with Crippen molar-refractivity contribution in [2.75, 3.05) is 19.5 Å². The molecule has 0 saturated carbocycles. The molecule has 3 heterocycles. The van der Waals surface area contributed by atoms with Crippen LogP contribution in [-0.4, -0.2) is 29.5 Å². The van der Waals surface area contributed by atoms with Crippen LogP contribution in [0.2, 0.25) is 0 Å². The predicted octanol–water partition coefficient (Wildman–Crippen LogP) is 4.29. The van der Waals surface area contributed by atoms with Gasteiger partial charge in [-0.3, -0.25) is 4.90 Å². The van der Waals surface area contributed by atoms with Gasteiger partial charge in [0, 0.05) is 41.2 Å². The summed E-state index contributed by atoms with van der Waals surface area (Å²) in [5, 5.41) is 10.2. The molecule has 0 spiro atoms. The van der Waals surface area contributed by atoms with Crippen molar-refractivity contribution in [3.63, 3.8) is 0 Å². The number of ether oxygens (including phenoxy) is 1. The Labute approximate surface area is 151 Å². The van der Waals surface area contributed by atoms with E-state index in [4.69, 9.17) is 16.3 Å². The van der Waals surface area contributed by atoms with Gasteiger partial charge in [-0.2, -0.15) is 0 Å². The van der Waals surface area contributed by atoms with Crippen molar-refractivity contribution in [1.29, 1.82) is 0 Å². The van der Waals surface area contributed by atoms with Gasteiger partial charge in [-0.25, -0.2) is 0 Å². The van der Waals surface area contributed by atoms with Crippen molar-refractivity contribution < 1.29 is 9.84 Å². The standard InChI is InChI=1S/C19H22ClNO2S/c1-23-18-8-12-4-6-21-11-13-7-14(3-2-5-20)24-19(13)10-16(21)15(12)9-17(18)22/h7-9,16,22H,2-6,10-11H2,1H3. The molecule has 1 aromatic carbocycles. The summed E-state index contributed by atoms with van der Waals surface area (Å²) in [5.74, 6) is 1.56. The zero-order valence-electron chi connectivity index (χ0n) is 13.8. The maximum Gasteiger partial charge on any atom is 0.160 e. The number of rotatable bonds is 4. The molecule has 0 radical (unpaired) electrons. The number of nitrogens with zero attached hydrogens (tertiary/aromatic N) is 1. The molecule has 1 atom stereocenters. The molecule has 2 aliphatic heterocycles. The van der Waals surface area contributed by atoms with Gasteiger partial charge in [0.15, 0.2) is 11.5 Å². The Bertz CT molecular complexity index is 758. The summed E-state index contributed by atoms with van der Waals surface area (Å²) < 4.78 is 5.27. The lowest BCUT2D eigenvalue weighted by atomic mass is 9.86. The Morgan fingerprint density at radius 2 is 2.21 bits per heavy atom. The largest absolute Gasteiger partial charge is 0.504 e. The number of hydrogen-bond donors (Lipinski definition) is 1. The molecule has 1 aromatic heterocycles. The molecule has 0 bridgehead atoms. The fourth-order valence-corrected chi connectivity index (χ4v) is 5.35. The molecule has 2 aromatic rings. The van der Waals surface area contributed by atoms with Gasteiger partial charge in [0.2, 0.25) is 0 Å². The lowest BCUT2D eigenvalue weighted by Crippen LogP contribution is -2.38. The van der Waals surface area contributed by atoms with Crippen molar-refractivity contribution in [3.8, 4) is 11.5 Å². The second-order valence-corrected chi connectivity index (χ2v) is 8.22. The van der Waals surface area contributed by atoms with Gasteiger partial charge >= 0.3 is 0 Å². The van der Waals surface area contributed by atoms with Crippen molar-refractivity contribution >= 4 is 22.9 Å². The van der Waals surface area contributed by atoms with Crippen molar-refractivity contribution in [2.45, 2.75) is 38.3 Å². The minimum absolute atomic E-state index is 0.248. The first kappa shape index (κ1) is 16.2. The molecular weight excluding hydrogens is 342 g/mol. The number of thiophene rings is 1. The van der Waals surface area contributed by atoms with Crippen LogP contribution in [0.15, 0.2) is 18.2 Å². The van der Waals surface area contributed by atoms with Crippen LogP contribution >= 0.6 is 22.9 Å². The van der Waals surface area contributed by atoms with Crippen LogP contribution in [0.4, 0.5) is 0 Å². The molecule has 24 heavy (non-hydrogen) atoms. The highest BCUT2D eigenvalue weighted by molar-refractivity contribution is 7.12. The Morgan fingerprint density at radius 3 is 3.00 bits per heavy atom. The molecule has 1 N–H and O–H groups in total. The van der Waals surface area contributed by atoms with Gasteiger partial charge in [-0.05, 0) is 54.2 Å². The molecule has 0 fully saturated rings. The van der Waals surface area contributed by atoms with E-state index in [1.54, 1.807) is 7.11 Å². The molecule has 0 amide bonds. The van der Waals surface area contributed by atoms with E-state index in [0.717, 1.165) is 44.7 Å². The number of phenolic OH excluding ortho intramolecular Hbond substituents is 1. The van der Waals surface area contributed by atoms with Gasteiger partial charge in [0.25, 0.3) is 0 Å². The summed E-state index contributed by atoms with van der Waals surface area (Å²) in [4.78, 5) is 5.51. The van der Waals surface area contributed by atoms with Gasteiger partial charge in [0.05, 0.1) is 7.11 Å². The number of halogens is 1. The number of hydrogen-bond acceptors (Lipinski definition) is 4. The number of methoxy groups -OCH3 is 1. The number of aromatic hydroxyl groups is 1. The molecule has 5 heteroatoms. The summed E-state index contributed by atoms with van der Waals surface area (Å²) in [6.07, 6.45) is 4.19. The summed E-state index contributed by atoms with van der Waals surface area (Å²) in [6, 6.07) is 6.68. The van der Waals surface area contributed by atoms with E-state index in [0.29, 0.717) is 11.8 Å². The molecular formula is C19H22ClNO2S. The predicted molar refractivity (Wildman–Crippen MR) is 98.6 cm³/mol. The van der Waals surface area contributed by atoms with Crippen molar-refractivity contribution in [3.05, 3.63) is 44.6 Å². The fraction of sp³-hybridized carbons (Fsp3) is 0.474. The summed E-state index contributed by atoms with van der Waals surface area (Å²) in [7, 11) is 1.61. The smallest absolute Gasteiger partial charge is 0.160 e. The monoisotopic (exact) mass is 363 g/mol. The van der Waals surface area contributed by atoms with E-state index in [1.807, 2.05) is 23.5 Å². The average molecular weight is 364 g/mol. The first-order valence-electron chi connectivity index (χ1n) is 8.50. The lowest BCUT2D eigenvalue weighted by Gasteiger charge is -2.40. The van der Waals surface area contributed by atoms with Gasteiger partial charge in [0.1, 0.15) is 0 Å². The number of benzene rings is 1. The van der Waals surface area contributed by atoms with Crippen LogP contribution < -0.4 is 4.74 Å².